The third kappa shape index (κ3) is 1.49. The number of fused-ring (bicyclic) bond motifs is 3. The van der Waals surface area contributed by atoms with Crippen LogP contribution in [0.4, 0.5) is 0 Å². The minimum Gasteiger partial charge on any atom is -0.0843 e. The molecule has 0 atom stereocenters. The van der Waals surface area contributed by atoms with Gasteiger partial charge >= 0.3 is 0 Å². The molecule has 2 aromatic carbocycles. The Labute approximate surface area is 115 Å². The fraction of sp³-hybridized carbons (Fsp3) is 0.200. The predicted octanol–water partition coefficient (Wildman–Crippen LogP) is 5.41. The van der Waals surface area contributed by atoms with E-state index in [0.717, 1.165) is 9.50 Å². The van der Waals surface area contributed by atoms with E-state index in [1.54, 1.807) is 0 Å². The molecule has 86 valence electrons. The summed E-state index contributed by atoms with van der Waals surface area (Å²) < 4.78 is 1.14. The molecule has 1 aliphatic carbocycles. The molecule has 17 heavy (non-hydrogen) atoms. The molecule has 2 aromatic rings. The van der Waals surface area contributed by atoms with Crippen LogP contribution in [0.1, 0.15) is 25.0 Å². The second-order valence-corrected chi connectivity index (χ2v) is 6.27. The van der Waals surface area contributed by atoms with Crippen LogP contribution >= 0.6 is 27.5 Å². The lowest BCUT2D eigenvalue weighted by molar-refractivity contribution is 0.660. The Bertz CT molecular complexity index is 614. The van der Waals surface area contributed by atoms with Crippen molar-refractivity contribution in [3.8, 4) is 11.1 Å². The highest BCUT2D eigenvalue weighted by atomic mass is 79.9. The maximum atomic E-state index is 6.12. The Balaban J connectivity index is 2.44. The minimum absolute atomic E-state index is 0.0546. The topological polar surface area (TPSA) is 0 Å². The van der Waals surface area contributed by atoms with Crippen LogP contribution in [-0.2, 0) is 5.41 Å². The summed E-state index contributed by atoms with van der Waals surface area (Å²) in [5.41, 5.74) is 5.31. The Kier molecular flexibility index (Phi) is 2.39. The normalized spacial score (nSPS) is 15.5. The standard InChI is InChI=1S/C15H12BrCl/c1-15(2)11-7-6-9(17)8-10(11)14-12(15)4-3-5-13(14)16/h3-8H,1-2H3. The average Bonchev–Trinajstić information content (AvgIpc) is 2.49. The number of halogens is 2. The predicted molar refractivity (Wildman–Crippen MR) is 76.7 cm³/mol. The van der Waals surface area contributed by atoms with E-state index >= 15 is 0 Å². The number of hydrogen-bond donors (Lipinski definition) is 0. The van der Waals surface area contributed by atoms with Crippen molar-refractivity contribution in [1.29, 1.82) is 0 Å². The van der Waals surface area contributed by atoms with Crippen LogP contribution in [0.3, 0.4) is 0 Å². The zero-order valence-corrected chi connectivity index (χ0v) is 12.1. The molecule has 0 spiro atoms. The SMILES string of the molecule is CC1(C)c2ccc(Cl)cc2-c2c(Br)cccc21. The monoisotopic (exact) mass is 306 g/mol. The highest BCUT2D eigenvalue weighted by Gasteiger charge is 2.36. The van der Waals surface area contributed by atoms with Crippen LogP contribution < -0.4 is 0 Å². The summed E-state index contributed by atoms with van der Waals surface area (Å²) in [5.74, 6) is 0. The Morgan fingerprint density at radius 1 is 1.06 bits per heavy atom. The fourth-order valence-corrected chi connectivity index (χ4v) is 3.48. The van der Waals surface area contributed by atoms with E-state index in [1.807, 2.05) is 6.07 Å². The van der Waals surface area contributed by atoms with E-state index in [0.29, 0.717) is 0 Å². The quantitative estimate of drug-likeness (QED) is 0.610. The van der Waals surface area contributed by atoms with Gasteiger partial charge in [0, 0.05) is 20.5 Å². The molecule has 0 unspecified atom stereocenters. The Hall–Kier alpha value is -0.790. The second kappa shape index (κ2) is 3.60. The van der Waals surface area contributed by atoms with Crippen molar-refractivity contribution in [2.75, 3.05) is 0 Å². The van der Waals surface area contributed by atoms with Gasteiger partial charge in [-0.05, 0) is 34.9 Å². The molecule has 0 radical (unpaired) electrons. The first-order valence-electron chi connectivity index (χ1n) is 5.61. The lowest BCUT2D eigenvalue weighted by atomic mass is 9.82. The van der Waals surface area contributed by atoms with Crippen molar-refractivity contribution in [3.05, 3.63) is 57.0 Å². The molecule has 0 amide bonds. The van der Waals surface area contributed by atoms with E-state index in [2.05, 4.69) is 60.1 Å². The molecule has 1 aliphatic rings. The summed E-state index contributed by atoms with van der Waals surface area (Å²) in [4.78, 5) is 0. The van der Waals surface area contributed by atoms with Gasteiger partial charge in [0.15, 0.2) is 0 Å². The second-order valence-electron chi connectivity index (χ2n) is 4.98. The number of benzene rings is 2. The molecule has 0 bridgehead atoms. The van der Waals surface area contributed by atoms with Gasteiger partial charge in [0.1, 0.15) is 0 Å². The lowest BCUT2D eigenvalue weighted by Crippen LogP contribution is -2.14. The molecule has 0 saturated heterocycles. The molecule has 0 nitrogen and oxygen atoms in total. The lowest BCUT2D eigenvalue weighted by Gasteiger charge is -2.21. The third-order valence-corrected chi connectivity index (χ3v) is 4.51. The van der Waals surface area contributed by atoms with Gasteiger partial charge in [-0.15, -0.1) is 0 Å². The molecule has 0 saturated carbocycles. The van der Waals surface area contributed by atoms with Crippen LogP contribution in [0.25, 0.3) is 11.1 Å². The molecule has 3 rings (SSSR count). The Morgan fingerprint density at radius 2 is 1.82 bits per heavy atom. The van der Waals surface area contributed by atoms with Crippen LogP contribution in [0.15, 0.2) is 40.9 Å². The smallest absolute Gasteiger partial charge is 0.0412 e. The van der Waals surface area contributed by atoms with Crippen molar-refractivity contribution < 1.29 is 0 Å². The van der Waals surface area contributed by atoms with Gasteiger partial charge in [-0.2, -0.15) is 0 Å². The number of hydrogen-bond acceptors (Lipinski definition) is 0. The Morgan fingerprint density at radius 3 is 2.59 bits per heavy atom. The first-order valence-corrected chi connectivity index (χ1v) is 6.78. The fourth-order valence-electron chi connectivity index (χ4n) is 2.73. The summed E-state index contributed by atoms with van der Waals surface area (Å²) in [5, 5.41) is 0.795. The molecule has 0 N–H and O–H groups in total. The average molecular weight is 308 g/mol. The van der Waals surface area contributed by atoms with Crippen LogP contribution in [0.5, 0.6) is 0 Å². The first-order chi connectivity index (χ1) is 8.01. The molecule has 0 aromatic heterocycles. The van der Waals surface area contributed by atoms with Crippen molar-refractivity contribution in [1.82, 2.24) is 0 Å². The molecular formula is C15H12BrCl. The van der Waals surface area contributed by atoms with Crippen LogP contribution in [0, 0.1) is 0 Å². The van der Waals surface area contributed by atoms with Crippen molar-refractivity contribution in [3.63, 3.8) is 0 Å². The highest BCUT2D eigenvalue weighted by Crippen LogP contribution is 2.51. The van der Waals surface area contributed by atoms with Crippen molar-refractivity contribution in [2.24, 2.45) is 0 Å². The molecule has 2 heteroatoms. The highest BCUT2D eigenvalue weighted by molar-refractivity contribution is 9.10. The minimum atomic E-state index is 0.0546. The summed E-state index contributed by atoms with van der Waals surface area (Å²) in [7, 11) is 0. The van der Waals surface area contributed by atoms with Crippen LogP contribution in [0.2, 0.25) is 5.02 Å². The van der Waals surface area contributed by atoms with Gasteiger partial charge < -0.3 is 0 Å². The van der Waals surface area contributed by atoms with E-state index in [1.165, 1.54) is 22.3 Å². The molecule has 0 aliphatic heterocycles. The van der Waals surface area contributed by atoms with Crippen LogP contribution in [-0.4, -0.2) is 0 Å². The number of rotatable bonds is 0. The first kappa shape index (κ1) is 11.3. The van der Waals surface area contributed by atoms with E-state index in [9.17, 15) is 0 Å². The van der Waals surface area contributed by atoms with Gasteiger partial charge in [-0.25, -0.2) is 0 Å². The largest absolute Gasteiger partial charge is 0.0843 e. The van der Waals surface area contributed by atoms with Gasteiger partial charge in [-0.1, -0.05) is 59.6 Å². The summed E-state index contributed by atoms with van der Waals surface area (Å²) in [6, 6.07) is 12.6. The zero-order valence-electron chi connectivity index (χ0n) is 9.72. The molecule has 0 heterocycles. The zero-order chi connectivity index (χ0) is 12.2. The van der Waals surface area contributed by atoms with Gasteiger partial charge in [0.2, 0.25) is 0 Å². The maximum Gasteiger partial charge on any atom is 0.0412 e. The van der Waals surface area contributed by atoms with Crippen molar-refractivity contribution in [2.45, 2.75) is 19.3 Å². The van der Waals surface area contributed by atoms with Gasteiger partial charge in [0.05, 0.1) is 0 Å². The summed E-state index contributed by atoms with van der Waals surface area (Å²) >= 11 is 9.77. The molecular weight excluding hydrogens is 296 g/mol. The molecule has 0 fully saturated rings. The van der Waals surface area contributed by atoms with Crippen molar-refractivity contribution >= 4 is 27.5 Å². The van der Waals surface area contributed by atoms with Gasteiger partial charge in [-0.3, -0.25) is 0 Å². The van der Waals surface area contributed by atoms with Gasteiger partial charge in [0.25, 0.3) is 0 Å². The maximum absolute atomic E-state index is 6.12. The summed E-state index contributed by atoms with van der Waals surface area (Å²) in [6.07, 6.45) is 0. The van der Waals surface area contributed by atoms with E-state index < -0.39 is 0 Å². The van der Waals surface area contributed by atoms with E-state index in [-0.39, 0.29) is 5.41 Å². The third-order valence-electron chi connectivity index (χ3n) is 3.61. The van der Waals surface area contributed by atoms with E-state index in [4.69, 9.17) is 11.6 Å². The summed E-state index contributed by atoms with van der Waals surface area (Å²) in [6.45, 7) is 4.52.